The molecule has 2 aromatic heterocycles. The van der Waals surface area contributed by atoms with Gasteiger partial charge in [-0.05, 0) is 44.0 Å². The van der Waals surface area contributed by atoms with Crippen molar-refractivity contribution in [2.24, 2.45) is 13.0 Å². The standard InChI is InChI=1S/C24H26N4O2S2/c1-15-5-9-18(10-6-15)31-14-17(3)13-28-20-21(27(4)23(30)26-22(20)29)25-24(28)32-19-11-7-16(2)8-12-19/h5-12,17H,13-14H2,1-4H3,(H,26,29,30)/t17-/m0/s1. The van der Waals surface area contributed by atoms with Crippen molar-refractivity contribution in [2.75, 3.05) is 5.75 Å². The molecular weight excluding hydrogens is 440 g/mol. The van der Waals surface area contributed by atoms with Crippen molar-refractivity contribution in [1.82, 2.24) is 19.1 Å². The van der Waals surface area contributed by atoms with Crippen molar-refractivity contribution < 1.29 is 0 Å². The van der Waals surface area contributed by atoms with E-state index in [-0.39, 0.29) is 5.92 Å². The third-order valence-corrected chi connectivity index (χ3v) is 7.60. The molecule has 0 saturated carbocycles. The van der Waals surface area contributed by atoms with Gasteiger partial charge in [0, 0.05) is 29.1 Å². The highest BCUT2D eigenvalue weighted by atomic mass is 32.2. The molecular formula is C24H26N4O2S2. The number of hydrogen-bond acceptors (Lipinski definition) is 5. The van der Waals surface area contributed by atoms with Crippen LogP contribution >= 0.6 is 23.5 Å². The summed E-state index contributed by atoms with van der Waals surface area (Å²) < 4.78 is 3.36. The lowest BCUT2D eigenvalue weighted by Gasteiger charge is -2.15. The number of fused-ring (bicyclic) bond motifs is 1. The van der Waals surface area contributed by atoms with Gasteiger partial charge in [-0.3, -0.25) is 14.3 Å². The van der Waals surface area contributed by atoms with E-state index in [4.69, 9.17) is 4.98 Å². The molecule has 2 aromatic carbocycles. The van der Waals surface area contributed by atoms with Gasteiger partial charge >= 0.3 is 5.69 Å². The number of imidazole rings is 1. The molecule has 1 atom stereocenters. The number of aromatic amines is 1. The molecule has 32 heavy (non-hydrogen) atoms. The third-order valence-electron chi connectivity index (χ3n) is 5.25. The Hall–Kier alpha value is -2.71. The van der Waals surface area contributed by atoms with Gasteiger partial charge in [0.05, 0.1) is 0 Å². The van der Waals surface area contributed by atoms with Crippen molar-refractivity contribution >= 4 is 34.7 Å². The number of thioether (sulfide) groups is 1. The fourth-order valence-corrected chi connectivity index (χ4v) is 5.21. The molecule has 0 radical (unpaired) electrons. The van der Waals surface area contributed by atoms with Crippen LogP contribution in [0.3, 0.4) is 0 Å². The van der Waals surface area contributed by atoms with E-state index in [2.05, 4.69) is 55.2 Å². The summed E-state index contributed by atoms with van der Waals surface area (Å²) in [6.45, 7) is 6.93. The molecule has 0 spiro atoms. The predicted molar refractivity (Wildman–Crippen MR) is 132 cm³/mol. The maximum Gasteiger partial charge on any atom is 0.329 e. The molecule has 6 nitrogen and oxygen atoms in total. The summed E-state index contributed by atoms with van der Waals surface area (Å²) in [5, 5.41) is 0.711. The summed E-state index contributed by atoms with van der Waals surface area (Å²) in [7, 11) is 1.63. The molecule has 0 aliphatic heterocycles. The van der Waals surface area contributed by atoms with Crippen LogP contribution in [-0.4, -0.2) is 24.9 Å². The van der Waals surface area contributed by atoms with Crippen LogP contribution in [0.25, 0.3) is 11.2 Å². The molecule has 1 N–H and O–H groups in total. The number of benzene rings is 2. The van der Waals surface area contributed by atoms with Gasteiger partial charge in [-0.15, -0.1) is 11.8 Å². The van der Waals surface area contributed by atoms with Crippen LogP contribution in [0, 0.1) is 19.8 Å². The predicted octanol–water partition coefficient (Wildman–Crippen LogP) is 4.62. The maximum atomic E-state index is 12.7. The molecule has 4 rings (SSSR count). The van der Waals surface area contributed by atoms with Gasteiger partial charge in [-0.2, -0.15) is 0 Å². The quantitative estimate of drug-likeness (QED) is 0.403. The zero-order chi connectivity index (χ0) is 22.8. The minimum Gasteiger partial charge on any atom is -0.313 e. The number of rotatable bonds is 7. The molecule has 0 amide bonds. The Balaban J connectivity index is 1.66. The molecule has 0 fully saturated rings. The molecule has 166 valence electrons. The molecule has 0 aliphatic rings. The van der Waals surface area contributed by atoms with E-state index in [0.29, 0.717) is 22.9 Å². The van der Waals surface area contributed by atoms with E-state index in [1.54, 1.807) is 18.8 Å². The molecule has 0 saturated heterocycles. The van der Waals surface area contributed by atoms with Crippen LogP contribution in [-0.2, 0) is 13.6 Å². The number of H-pyrrole nitrogens is 1. The normalized spacial score (nSPS) is 12.4. The molecule has 2 heterocycles. The second-order valence-corrected chi connectivity index (χ2v) is 10.3. The van der Waals surface area contributed by atoms with Crippen LogP contribution in [0.5, 0.6) is 0 Å². The van der Waals surface area contributed by atoms with Crippen LogP contribution in [0.15, 0.2) is 73.1 Å². The zero-order valence-corrected chi connectivity index (χ0v) is 20.2. The number of hydrogen-bond donors (Lipinski definition) is 1. The van der Waals surface area contributed by atoms with Crippen LogP contribution < -0.4 is 11.2 Å². The Morgan fingerprint density at radius 1 is 0.969 bits per heavy atom. The second kappa shape index (κ2) is 9.42. The molecule has 0 aliphatic carbocycles. The number of aryl methyl sites for hydroxylation is 3. The number of aromatic nitrogens is 4. The Labute approximate surface area is 195 Å². The topological polar surface area (TPSA) is 72.7 Å². The van der Waals surface area contributed by atoms with Crippen molar-refractivity contribution in [3.05, 3.63) is 80.5 Å². The summed E-state index contributed by atoms with van der Waals surface area (Å²) in [5.41, 5.74) is 2.42. The van der Waals surface area contributed by atoms with Gasteiger partial charge < -0.3 is 4.57 Å². The van der Waals surface area contributed by atoms with E-state index in [1.165, 1.54) is 32.4 Å². The second-order valence-electron chi connectivity index (χ2n) is 8.14. The first-order valence-corrected chi connectivity index (χ1v) is 12.3. The molecule has 4 aromatic rings. The maximum absolute atomic E-state index is 12.7. The lowest BCUT2D eigenvalue weighted by molar-refractivity contribution is 0.511. The highest BCUT2D eigenvalue weighted by Crippen LogP contribution is 2.30. The third kappa shape index (κ3) is 4.86. The van der Waals surface area contributed by atoms with Crippen LogP contribution in [0.2, 0.25) is 0 Å². The van der Waals surface area contributed by atoms with Gasteiger partial charge in [-0.1, -0.05) is 54.1 Å². The minimum absolute atomic E-state index is 0.285. The fourth-order valence-electron chi connectivity index (χ4n) is 3.41. The highest BCUT2D eigenvalue weighted by Gasteiger charge is 2.20. The fraction of sp³-hybridized carbons (Fsp3) is 0.292. The molecule has 0 unspecified atom stereocenters. The lowest BCUT2D eigenvalue weighted by atomic mass is 10.2. The summed E-state index contributed by atoms with van der Waals surface area (Å²) in [6, 6.07) is 16.7. The van der Waals surface area contributed by atoms with E-state index in [0.717, 1.165) is 10.6 Å². The Kier molecular flexibility index (Phi) is 6.62. The van der Waals surface area contributed by atoms with Crippen molar-refractivity contribution in [3.8, 4) is 0 Å². The van der Waals surface area contributed by atoms with E-state index >= 15 is 0 Å². The molecule has 0 bridgehead atoms. The van der Waals surface area contributed by atoms with E-state index in [1.807, 2.05) is 23.6 Å². The SMILES string of the molecule is Cc1ccc(SC[C@@H](C)Cn2c(Sc3ccc(C)cc3)nc3c2c(=O)[nH]c(=O)n3C)cc1. The number of nitrogens with one attached hydrogen (secondary N) is 1. The first-order valence-electron chi connectivity index (χ1n) is 10.5. The van der Waals surface area contributed by atoms with Gasteiger partial charge in [0.15, 0.2) is 16.3 Å². The highest BCUT2D eigenvalue weighted by molar-refractivity contribution is 7.99. The molecule has 8 heteroatoms. The minimum atomic E-state index is -0.456. The van der Waals surface area contributed by atoms with Crippen molar-refractivity contribution in [1.29, 1.82) is 0 Å². The summed E-state index contributed by atoms with van der Waals surface area (Å²) in [5.74, 6) is 1.19. The van der Waals surface area contributed by atoms with Gasteiger partial charge in [-0.25, -0.2) is 9.78 Å². The Bertz CT molecular complexity index is 1350. The average Bonchev–Trinajstić information content (AvgIpc) is 3.12. The summed E-state index contributed by atoms with van der Waals surface area (Å²) in [6.07, 6.45) is 0. The number of nitrogens with zero attached hydrogens (tertiary/aromatic N) is 3. The van der Waals surface area contributed by atoms with E-state index < -0.39 is 11.2 Å². The van der Waals surface area contributed by atoms with Gasteiger partial charge in [0.25, 0.3) is 5.56 Å². The van der Waals surface area contributed by atoms with Crippen molar-refractivity contribution in [2.45, 2.75) is 42.3 Å². The lowest BCUT2D eigenvalue weighted by Crippen LogP contribution is -2.29. The Morgan fingerprint density at radius 3 is 2.19 bits per heavy atom. The monoisotopic (exact) mass is 466 g/mol. The first kappa shape index (κ1) is 22.5. The Morgan fingerprint density at radius 2 is 1.56 bits per heavy atom. The van der Waals surface area contributed by atoms with Gasteiger partial charge in [0.1, 0.15) is 0 Å². The van der Waals surface area contributed by atoms with E-state index in [9.17, 15) is 9.59 Å². The average molecular weight is 467 g/mol. The summed E-state index contributed by atoms with van der Waals surface area (Å²) >= 11 is 3.31. The zero-order valence-electron chi connectivity index (χ0n) is 18.6. The summed E-state index contributed by atoms with van der Waals surface area (Å²) in [4.78, 5) is 34.2. The largest absolute Gasteiger partial charge is 0.329 e. The van der Waals surface area contributed by atoms with Crippen LogP contribution in [0.4, 0.5) is 0 Å². The van der Waals surface area contributed by atoms with Crippen molar-refractivity contribution in [3.63, 3.8) is 0 Å². The smallest absolute Gasteiger partial charge is 0.313 e. The van der Waals surface area contributed by atoms with Crippen LogP contribution in [0.1, 0.15) is 18.1 Å². The first-order chi connectivity index (χ1) is 15.3. The van der Waals surface area contributed by atoms with Gasteiger partial charge in [0.2, 0.25) is 0 Å².